The van der Waals surface area contributed by atoms with E-state index in [2.05, 4.69) is 0 Å². The highest BCUT2D eigenvalue weighted by molar-refractivity contribution is 7.78. The fraction of sp³-hybridized carbons (Fsp3) is 0.381. The Bertz CT molecular complexity index is 666. The molecule has 1 fully saturated rings. The van der Waals surface area contributed by atoms with Gasteiger partial charge in [0, 0.05) is 29.1 Å². The Kier molecular flexibility index (Phi) is 5.68. The van der Waals surface area contributed by atoms with E-state index in [1.54, 1.807) is 0 Å². The van der Waals surface area contributed by atoms with Gasteiger partial charge < -0.3 is 4.57 Å². The van der Waals surface area contributed by atoms with Crippen LogP contribution in [0.4, 0.5) is 0 Å². The van der Waals surface area contributed by atoms with E-state index in [-0.39, 0.29) is 5.92 Å². The van der Waals surface area contributed by atoms with Gasteiger partial charge in [0.05, 0.1) is 0 Å². The topological polar surface area (TPSA) is 34.1 Å². The van der Waals surface area contributed by atoms with Crippen LogP contribution in [0.2, 0.25) is 0 Å². The minimum absolute atomic E-state index is 0.193. The third kappa shape index (κ3) is 3.87. The summed E-state index contributed by atoms with van der Waals surface area (Å²) in [6.07, 6.45) is 6.32. The molecule has 0 bridgehead atoms. The average Bonchev–Trinajstić information content (AvgIpc) is 2.64. The molecule has 0 aromatic heterocycles. The molecular weight excluding hydrogens is 315 g/mol. The standard InChI is InChI=1S/C21H25O2P/c22-21-16-8-7-10-18(21)11-9-17-24(23,19-12-3-1-4-13-19)20-14-5-2-6-15-20/h1-6,12-15,18H,7-11,16-17H2. The van der Waals surface area contributed by atoms with Crippen LogP contribution in [-0.4, -0.2) is 11.9 Å². The number of rotatable bonds is 6. The lowest BCUT2D eigenvalue weighted by Crippen LogP contribution is -2.21. The molecule has 1 atom stereocenters. The van der Waals surface area contributed by atoms with Crippen LogP contribution in [-0.2, 0) is 9.36 Å². The molecule has 1 aliphatic rings. The van der Waals surface area contributed by atoms with E-state index in [9.17, 15) is 9.36 Å². The monoisotopic (exact) mass is 340 g/mol. The Morgan fingerprint density at radius 3 is 2.00 bits per heavy atom. The predicted molar refractivity (Wildman–Crippen MR) is 101 cm³/mol. The summed E-state index contributed by atoms with van der Waals surface area (Å²) in [7, 11) is -2.62. The van der Waals surface area contributed by atoms with E-state index in [0.29, 0.717) is 11.9 Å². The minimum atomic E-state index is -2.62. The van der Waals surface area contributed by atoms with Crippen molar-refractivity contribution < 1.29 is 9.36 Å². The van der Waals surface area contributed by atoms with Crippen molar-refractivity contribution in [2.75, 3.05) is 6.16 Å². The van der Waals surface area contributed by atoms with Gasteiger partial charge in [-0.2, -0.15) is 0 Å². The highest BCUT2D eigenvalue weighted by Gasteiger charge is 2.28. The number of hydrogen-bond donors (Lipinski definition) is 0. The number of hydrogen-bond acceptors (Lipinski definition) is 2. The van der Waals surface area contributed by atoms with E-state index < -0.39 is 7.14 Å². The second-order valence-corrected chi connectivity index (χ2v) is 9.65. The molecule has 24 heavy (non-hydrogen) atoms. The molecule has 0 spiro atoms. The first-order valence-corrected chi connectivity index (χ1v) is 10.8. The summed E-state index contributed by atoms with van der Waals surface area (Å²) in [5.41, 5.74) is 0. The molecule has 1 saturated carbocycles. The van der Waals surface area contributed by atoms with E-state index >= 15 is 0 Å². The lowest BCUT2D eigenvalue weighted by Gasteiger charge is -2.23. The van der Waals surface area contributed by atoms with Crippen LogP contribution in [0.1, 0.15) is 38.5 Å². The Morgan fingerprint density at radius 1 is 0.875 bits per heavy atom. The summed E-state index contributed by atoms with van der Waals surface area (Å²) >= 11 is 0. The molecule has 2 aromatic rings. The first-order chi connectivity index (χ1) is 11.7. The summed E-state index contributed by atoms with van der Waals surface area (Å²) in [4.78, 5) is 12.0. The van der Waals surface area contributed by atoms with Gasteiger partial charge in [0.1, 0.15) is 12.9 Å². The van der Waals surface area contributed by atoms with Gasteiger partial charge in [0.25, 0.3) is 0 Å². The SMILES string of the molecule is O=C1CCCCC1CCCP(=O)(c1ccccc1)c1ccccc1. The molecule has 126 valence electrons. The first-order valence-electron chi connectivity index (χ1n) is 8.93. The zero-order chi connectivity index (χ0) is 16.8. The quantitative estimate of drug-likeness (QED) is 0.724. The number of ketones is 1. The second kappa shape index (κ2) is 7.94. The van der Waals surface area contributed by atoms with Crippen LogP contribution >= 0.6 is 7.14 Å². The molecule has 3 heteroatoms. The van der Waals surface area contributed by atoms with Crippen LogP contribution in [0.3, 0.4) is 0 Å². The maximum Gasteiger partial charge on any atom is 0.143 e. The summed E-state index contributed by atoms with van der Waals surface area (Å²) in [6, 6.07) is 19.6. The van der Waals surface area contributed by atoms with Crippen LogP contribution < -0.4 is 10.6 Å². The van der Waals surface area contributed by atoms with E-state index in [0.717, 1.165) is 49.1 Å². The predicted octanol–water partition coefficient (Wildman–Crippen LogP) is 4.54. The molecular formula is C21H25O2P. The fourth-order valence-corrected chi connectivity index (χ4v) is 6.42. The third-order valence-corrected chi connectivity index (χ3v) is 8.26. The van der Waals surface area contributed by atoms with Gasteiger partial charge in [-0.25, -0.2) is 0 Å². The molecule has 0 N–H and O–H groups in total. The summed E-state index contributed by atoms with van der Waals surface area (Å²) in [6.45, 7) is 0. The highest BCUT2D eigenvalue weighted by atomic mass is 31.2. The van der Waals surface area contributed by atoms with Crippen molar-refractivity contribution in [3.05, 3.63) is 60.7 Å². The number of carbonyl (C=O) groups excluding carboxylic acids is 1. The van der Waals surface area contributed by atoms with Crippen molar-refractivity contribution >= 4 is 23.5 Å². The molecule has 0 radical (unpaired) electrons. The first kappa shape index (κ1) is 17.2. The van der Waals surface area contributed by atoms with Crippen molar-refractivity contribution in [3.8, 4) is 0 Å². The highest BCUT2D eigenvalue weighted by Crippen LogP contribution is 2.44. The maximum absolute atomic E-state index is 13.9. The van der Waals surface area contributed by atoms with Gasteiger partial charge in [0.2, 0.25) is 0 Å². The molecule has 0 heterocycles. The Labute approximate surface area is 144 Å². The molecule has 3 rings (SSSR count). The van der Waals surface area contributed by atoms with Crippen LogP contribution in [0.15, 0.2) is 60.7 Å². The third-order valence-electron chi connectivity index (χ3n) is 5.05. The normalized spacial score (nSPS) is 18.5. The van der Waals surface area contributed by atoms with Crippen molar-refractivity contribution in [1.29, 1.82) is 0 Å². The Hall–Kier alpha value is -1.66. The number of Topliss-reactive ketones (excluding diaryl/α,β-unsaturated/α-hetero) is 1. The van der Waals surface area contributed by atoms with Crippen molar-refractivity contribution in [2.45, 2.75) is 38.5 Å². The molecule has 2 aromatic carbocycles. The lowest BCUT2D eigenvalue weighted by molar-refractivity contribution is -0.124. The van der Waals surface area contributed by atoms with Gasteiger partial charge >= 0.3 is 0 Å². The molecule has 0 amide bonds. The smallest absolute Gasteiger partial charge is 0.143 e. The van der Waals surface area contributed by atoms with E-state index in [1.807, 2.05) is 60.7 Å². The largest absolute Gasteiger partial charge is 0.314 e. The molecule has 0 aliphatic heterocycles. The van der Waals surface area contributed by atoms with Gasteiger partial charge in [-0.05, 0) is 25.7 Å². The van der Waals surface area contributed by atoms with E-state index in [1.165, 1.54) is 0 Å². The Balaban J connectivity index is 1.76. The van der Waals surface area contributed by atoms with Gasteiger partial charge in [-0.3, -0.25) is 4.79 Å². The van der Waals surface area contributed by atoms with E-state index in [4.69, 9.17) is 0 Å². The molecule has 2 nitrogen and oxygen atoms in total. The van der Waals surface area contributed by atoms with Crippen molar-refractivity contribution in [1.82, 2.24) is 0 Å². The average molecular weight is 340 g/mol. The van der Waals surface area contributed by atoms with Crippen LogP contribution in [0, 0.1) is 5.92 Å². The van der Waals surface area contributed by atoms with Gasteiger partial charge in [0.15, 0.2) is 0 Å². The number of benzene rings is 2. The molecule has 1 aliphatic carbocycles. The Morgan fingerprint density at radius 2 is 1.46 bits per heavy atom. The van der Waals surface area contributed by atoms with Gasteiger partial charge in [-0.1, -0.05) is 67.1 Å². The molecule has 1 unspecified atom stereocenters. The van der Waals surface area contributed by atoms with Crippen LogP contribution in [0.5, 0.6) is 0 Å². The van der Waals surface area contributed by atoms with Crippen LogP contribution in [0.25, 0.3) is 0 Å². The maximum atomic E-state index is 13.9. The zero-order valence-corrected chi connectivity index (χ0v) is 15.0. The molecule has 0 saturated heterocycles. The van der Waals surface area contributed by atoms with Crippen molar-refractivity contribution in [2.24, 2.45) is 5.92 Å². The zero-order valence-electron chi connectivity index (χ0n) is 14.1. The lowest BCUT2D eigenvalue weighted by atomic mass is 9.85. The summed E-state index contributed by atoms with van der Waals surface area (Å²) in [5.74, 6) is 0.606. The number of carbonyl (C=O) groups is 1. The minimum Gasteiger partial charge on any atom is -0.314 e. The van der Waals surface area contributed by atoms with Gasteiger partial charge in [-0.15, -0.1) is 0 Å². The summed E-state index contributed by atoms with van der Waals surface area (Å²) in [5, 5.41) is 1.84. The van der Waals surface area contributed by atoms with Crippen molar-refractivity contribution in [3.63, 3.8) is 0 Å². The second-order valence-electron chi connectivity index (χ2n) is 6.69. The fourth-order valence-electron chi connectivity index (χ4n) is 3.67. The summed E-state index contributed by atoms with van der Waals surface area (Å²) < 4.78 is 13.9.